The highest BCUT2D eigenvalue weighted by Crippen LogP contribution is 2.16. The molecule has 88 valence electrons. The normalized spacial score (nSPS) is 26.9. The molecule has 2 atom stereocenters. The predicted molar refractivity (Wildman–Crippen MR) is 59.9 cm³/mol. The summed E-state index contributed by atoms with van der Waals surface area (Å²) in [5, 5.41) is 12.2. The summed E-state index contributed by atoms with van der Waals surface area (Å²) >= 11 is 0. The number of hydrogen-bond donors (Lipinski definition) is 2. The summed E-state index contributed by atoms with van der Waals surface area (Å²) in [5.74, 6) is -0.880. The van der Waals surface area contributed by atoms with Crippen molar-refractivity contribution in [2.24, 2.45) is 5.92 Å². The molecule has 0 aliphatic carbocycles. The zero-order chi connectivity index (χ0) is 11.3. The molecule has 1 aliphatic heterocycles. The van der Waals surface area contributed by atoms with Gasteiger partial charge in [-0.3, -0.25) is 9.69 Å². The molecule has 2 N–H and O–H groups in total. The molecule has 0 aromatic carbocycles. The third kappa shape index (κ3) is 3.47. The van der Waals surface area contributed by atoms with Crippen LogP contribution < -0.4 is 5.32 Å². The van der Waals surface area contributed by atoms with Crippen molar-refractivity contribution in [2.45, 2.75) is 32.7 Å². The van der Waals surface area contributed by atoms with Gasteiger partial charge in [0.25, 0.3) is 0 Å². The number of hydrogen-bond acceptors (Lipinski definition) is 3. The van der Waals surface area contributed by atoms with Crippen LogP contribution >= 0.6 is 0 Å². The average molecular weight is 214 g/mol. The van der Waals surface area contributed by atoms with Crippen molar-refractivity contribution in [1.29, 1.82) is 0 Å². The van der Waals surface area contributed by atoms with Gasteiger partial charge in [0.05, 0.1) is 5.92 Å². The van der Waals surface area contributed by atoms with Gasteiger partial charge in [-0.05, 0) is 25.9 Å². The first-order chi connectivity index (χ1) is 7.19. The quantitative estimate of drug-likeness (QED) is 0.710. The van der Waals surface area contributed by atoms with E-state index in [0.29, 0.717) is 12.6 Å². The summed E-state index contributed by atoms with van der Waals surface area (Å²) in [4.78, 5) is 13.3. The molecule has 15 heavy (non-hydrogen) atoms. The summed E-state index contributed by atoms with van der Waals surface area (Å²) in [7, 11) is 0. The molecule has 0 radical (unpaired) electrons. The van der Waals surface area contributed by atoms with E-state index in [1.165, 1.54) is 0 Å². The fraction of sp³-hybridized carbons (Fsp3) is 0.909. The molecule has 4 nitrogen and oxygen atoms in total. The van der Waals surface area contributed by atoms with Gasteiger partial charge < -0.3 is 10.4 Å². The molecular weight excluding hydrogens is 192 g/mol. The second-order valence-corrected chi connectivity index (χ2v) is 4.21. The molecule has 0 saturated carbocycles. The van der Waals surface area contributed by atoms with Crippen LogP contribution in [0.2, 0.25) is 0 Å². The second-order valence-electron chi connectivity index (χ2n) is 4.21. The Morgan fingerprint density at radius 2 is 2.20 bits per heavy atom. The van der Waals surface area contributed by atoms with Gasteiger partial charge in [-0.25, -0.2) is 0 Å². The van der Waals surface area contributed by atoms with E-state index < -0.39 is 5.97 Å². The fourth-order valence-electron chi connectivity index (χ4n) is 2.27. The van der Waals surface area contributed by atoms with Crippen LogP contribution in [0.25, 0.3) is 0 Å². The van der Waals surface area contributed by atoms with Gasteiger partial charge in [0, 0.05) is 19.1 Å². The Labute approximate surface area is 91.6 Å². The van der Waals surface area contributed by atoms with E-state index in [2.05, 4.69) is 24.1 Å². The third-order valence-corrected chi connectivity index (χ3v) is 3.11. The van der Waals surface area contributed by atoms with E-state index in [9.17, 15) is 4.79 Å². The SMILES string of the molecule is CCCN(CC)C1CNCC(C(=O)O)C1. The smallest absolute Gasteiger partial charge is 0.307 e. The summed E-state index contributed by atoms with van der Waals surface area (Å²) < 4.78 is 0. The van der Waals surface area contributed by atoms with Crippen LogP contribution in [0.3, 0.4) is 0 Å². The lowest BCUT2D eigenvalue weighted by Crippen LogP contribution is -2.50. The number of likely N-dealkylation sites (N-methyl/N-ethyl adjacent to an activating group) is 1. The Bertz CT molecular complexity index is 209. The highest BCUT2D eigenvalue weighted by atomic mass is 16.4. The number of aliphatic carboxylic acids is 1. The van der Waals surface area contributed by atoms with Gasteiger partial charge in [-0.1, -0.05) is 13.8 Å². The first kappa shape index (κ1) is 12.5. The van der Waals surface area contributed by atoms with E-state index in [4.69, 9.17) is 5.11 Å². The lowest BCUT2D eigenvalue weighted by Gasteiger charge is -2.36. The number of carbonyl (C=O) groups is 1. The van der Waals surface area contributed by atoms with Crippen molar-refractivity contribution in [3.8, 4) is 0 Å². The molecule has 1 saturated heterocycles. The monoisotopic (exact) mass is 214 g/mol. The molecule has 0 bridgehead atoms. The molecule has 1 aliphatic rings. The van der Waals surface area contributed by atoms with Gasteiger partial charge >= 0.3 is 5.97 Å². The van der Waals surface area contributed by atoms with Crippen molar-refractivity contribution < 1.29 is 9.90 Å². The summed E-state index contributed by atoms with van der Waals surface area (Å²) in [6, 6.07) is 0.393. The number of carboxylic acid groups (broad SMARTS) is 1. The predicted octanol–water partition coefficient (Wildman–Crippen LogP) is 0.781. The van der Waals surface area contributed by atoms with Crippen molar-refractivity contribution >= 4 is 5.97 Å². The molecule has 0 spiro atoms. The van der Waals surface area contributed by atoms with Crippen LogP contribution in [0.15, 0.2) is 0 Å². The van der Waals surface area contributed by atoms with Gasteiger partial charge in [0.2, 0.25) is 0 Å². The minimum absolute atomic E-state index is 0.213. The van der Waals surface area contributed by atoms with E-state index in [1.54, 1.807) is 0 Å². The van der Waals surface area contributed by atoms with Crippen LogP contribution in [0.4, 0.5) is 0 Å². The summed E-state index contributed by atoms with van der Waals surface area (Å²) in [6.45, 7) is 7.92. The maximum atomic E-state index is 10.9. The number of rotatable bonds is 5. The maximum absolute atomic E-state index is 10.9. The Morgan fingerprint density at radius 3 is 2.73 bits per heavy atom. The second kappa shape index (κ2) is 6.08. The van der Waals surface area contributed by atoms with Gasteiger partial charge in [-0.15, -0.1) is 0 Å². The zero-order valence-electron chi connectivity index (χ0n) is 9.70. The first-order valence-electron chi connectivity index (χ1n) is 5.86. The summed E-state index contributed by atoms with van der Waals surface area (Å²) in [5.41, 5.74) is 0. The van der Waals surface area contributed by atoms with Gasteiger partial charge in [0.1, 0.15) is 0 Å². The van der Waals surface area contributed by atoms with E-state index >= 15 is 0 Å². The highest BCUT2D eigenvalue weighted by Gasteiger charge is 2.29. The largest absolute Gasteiger partial charge is 0.481 e. The van der Waals surface area contributed by atoms with Crippen LogP contribution in [-0.4, -0.2) is 48.2 Å². The molecule has 1 heterocycles. The Hall–Kier alpha value is -0.610. The minimum atomic E-state index is -0.667. The van der Waals surface area contributed by atoms with Crippen molar-refractivity contribution in [1.82, 2.24) is 10.2 Å². The first-order valence-corrected chi connectivity index (χ1v) is 5.86. The van der Waals surface area contributed by atoms with Crippen LogP contribution in [-0.2, 0) is 4.79 Å². The van der Waals surface area contributed by atoms with E-state index in [1.807, 2.05) is 0 Å². The lowest BCUT2D eigenvalue weighted by atomic mass is 9.94. The van der Waals surface area contributed by atoms with Crippen molar-refractivity contribution in [3.05, 3.63) is 0 Å². The van der Waals surface area contributed by atoms with Gasteiger partial charge in [0.15, 0.2) is 0 Å². The standard InChI is InChI=1S/C11H22N2O2/c1-3-5-13(4-2)10-6-9(11(14)15)7-12-8-10/h9-10,12H,3-8H2,1-2H3,(H,14,15). The molecule has 4 heteroatoms. The molecule has 2 unspecified atom stereocenters. The molecule has 0 aromatic heterocycles. The van der Waals surface area contributed by atoms with Crippen LogP contribution in [0.5, 0.6) is 0 Å². The maximum Gasteiger partial charge on any atom is 0.307 e. The number of nitrogens with zero attached hydrogens (tertiary/aromatic N) is 1. The van der Waals surface area contributed by atoms with Crippen LogP contribution in [0.1, 0.15) is 26.7 Å². The topological polar surface area (TPSA) is 52.6 Å². The molecule has 1 fully saturated rings. The van der Waals surface area contributed by atoms with Gasteiger partial charge in [-0.2, -0.15) is 0 Å². The number of nitrogens with one attached hydrogen (secondary N) is 1. The van der Waals surface area contributed by atoms with E-state index in [-0.39, 0.29) is 5.92 Å². The Balaban J connectivity index is 2.49. The molecule has 0 amide bonds. The highest BCUT2D eigenvalue weighted by molar-refractivity contribution is 5.70. The third-order valence-electron chi connectivity index (χ3n) is 3.11. The number of carboxylic acids is 1. The van der Waals surface area contributed by atoms with Crippen LogP contribution in [0, 0.1) is 5.92 Å². The van der Waals surface area contributed by atoms with Crippen molar-refractivity contribution in [3.63, 3.8) is 0 Å². The lowest BCUT2D eigenvalue weighted by molar-refractivity contribution is -0.143. The Morgan fingerprint density at radius 1 is 1.47 bits per heavy atom. The summed E-state index contributed by atoms with van der Waals surface area (Å²) in [6.07, 6.45) is 1.91. The van der Waals surface area contributed by atoms with Crippen molar-refractivity contribution in [2.75, 3.05) is 26.2 Å². The minimum Gasteiger partial charge on any atom is -0.481 e. The average Bonchev–Trinajstić information content (AvgIpc) is 2.26. The molecule has 1 rings (SSSR count). The fourth-order valence-corrected chi connectivity index (χ4v) is 2.27. The molecular formula is C11H22N2O2. The Kier molecular flexibility index (Phi) is 5.05. The number of piperidine rings is 1. The van der Waals surface area contributed by atoms with E-state index in [0.717, 1.165) is 32.5 Å². The molecule has 0 aromatic rings. The zero-order valence-corrected chi connectivity index (χ0v) is 9.70.